The summed E-state index contributed by atoms with van der Waals surface area (Å²) in [5, 5.41) is 0. The second-order valence-corrected chi connectivity index (χ2v) is 7.55. The first-order chi connectivity index (χ1) is 11.3. The summed E-state index contributed by atoms with van der Waals surface area (Å²) in [6.45, 7) is 2.84. The number of hydrogen-bond donors (Lipinski definition) is 0. The Balaban J connectivity index is 1.32. The van der Waals surface area contributed by atoms with Gasteiger partial charge in [-0.15, -0.1) is 4.37 Å². The third kappa shape index (κ3) is 5.57. The molecule has 128 valence electrons. The van der Waals surface area contributed by atoms with Crippen LogP contribution >= 0.6 is 11.7 Å². The van der Waals surface area contributed by atoms with E-state index in [2.05, 4.69) is 26.8 Å². The van der Waals surface area contributed by atoms with E-state index in [1.807, 2.05) is 0 Å². The Morgan fingerprint density at radius 3 is 2.83 bits per heavy atom. The predicted molar refractivity (Wildman–Crippen MR) is 95.9 cm³/mol. The van der Waals surface area contributed by atoms with Crippen LogP contribution in [0.5, 0.6) is 5.88 Å². The summed E-state index contributed by atoms with van der Waals surface area (Å²) < 4.78 is 14.7. The van der Waals surface area contributed by atoms with E-state index in [1.165, 1.54) is 62.2 Å². The molecule has 0 unspecified atom stereocenters. The normalized spacial score (nSPS) is 18.9. The van der Waals surface area contributed by atoms with Gasteiger partial charge in [-0.25, -0.2) is 0 Å². The highest BCUT2D eigenvalue weighted by Gasteiger charge is 2.20. The van der Waals surface area contributed by atoms with Crippen LogP contribution < -0.4 is 4.74 Å². The first-order valence-electron chi connectivity index (χ1n) is 9.16. The Kier molecular flexibility index (Phi) is 6.46. The van der Waals surface area contributed by atoms with Crippen LogP contribution in [0, 0.1) is 5.92 Å². The van der Waals surface area contributed by atoms with E-state index in [1.54, 1.807) is 0 Å². The van der Waals surface area contributed by atoms with E-state index in [9.17, 15) is 0 Å². The Morgan fingerprint density at radius 1 is 1.17 bits per heavy atom. The van der Waals surface area contributed by atoms with Crippen LogP contribution in [0.4, 0.5) is 0 Å². The topological polar surface area (TPSA) is 38.2 Å². The van der Waals surface area contributed by atoms with Crippen molar-refractivity contribution >= 4 is 17.3 Å². The van der Waals surface area contributed by atoms with Crippen molar-refractivity contribution in [2.75, 3.05) is 26.7 Å². The summed E-state index contributed by atoms with van der Waals surface area (Å²) in [5.41, 5.74) is 2.23. The Morgan fingerprint density at radius 2 is 2.00 bits per heavy atom. The minimum atomic E-state index is 0.741. The third-order valence-corrected chi connectivity index (χ3v) is 5.31. The molecule has 0 N–H and O–H groups in total. The van der Waals surface area contributed by atoms with Crippen molar-refractivity contribution in [1.29, 1.82) is 0 Å². The lowest BCUT2D eigenvalue weighted by atomic mass is 10.1. The molecule has 0 spiro atoms. The van der Waals surface area contributed by atoms with Crippen molar-refractivity contribution in [1.82, 2.24) is 13.6 Å². The molecule has 1 fully saturated rings. The van der Waals surface area contributed by atoms with Gasteiger partial charge in [0.15, 0.2) is 0 Å². The maximum atomic E-state index is 5.90. The van der Waals surface area contributed by atoms with E-state index >= 15 is 0 Å². The highest BCUT2D eigenvalue weighted by atomic mass is 32.1. The average molecular weight is 336 g/mol. The molecular weight excluding hydrogens is 306 g/mol. The van der Waals surface area contributed by atoms with Crippen molar-refractivity contribution < 1.29 is 4.74 Å². The zero-order valence-corrected chi connectivity index (χ0v) is 15.1. The number of ether oxygens (including phenoxy) is 1. The SMILES string of the molecule is CN1CCC=C(c2nsnc2OCCCCCCCC2CC2)C1. The molecule has 0 amide bonds. The molecule has 2 heterocycles. The van der Waals surface area contributed by atoms with E-state index < -0.39 is 0 Å². The van der Waals surface area contributed by atoms with Crippen LogP contribution in [0.2, 0.25) is 0 Å². The van der Waals surface area contributed by atoms with Gasteiger partial charge in [-0.05, 0) is 31.4 Å². The summed E-state index contributed by atoms with van der Waals surface area (Å²) in [6, 6.07) is 0. The molecule has 0 bridgehead atoms. The van der Waals surface area contributed by atoms with Crippen LogP contribution in [0.1, 0.15) is 63.5 Å². The van der Waals surface area contributed by atoms with Crippen LogP contribution in [0.3, 0.4) is 0 Å². The average Bonchev–Trinajstić information content (AvgIpc) is 3.26. The molecule has 0 aromatic carbocycles. The lowest BCUT2D eigenvalue weighted by Gasteiger charge is -2.22. The molecule has 1 aliphatic heterocycles. The lowest BCUT2D eigenvalue weighted by Crippen LogP contribution is -2.25. The highest BCUT2D eigenvalue weighted by molar-refractivity contribution is 6.99. The molecule has 2 aliphatic rings. The third-order valence-electron chi connectivity index (χ3n) is 4.80. The standard InChI is InChI=1S/C18H29N3OS/c1-21-12-7-9-16(14-21)17-18(20-23-19-17)22-13-6-4-2-3-5-8-15-10-11-15/h9,15H,2-8,10-14H2,1H3. The van der Waals surface area contributed by atoms with Gasteiger partial charge in [-0.1, -0.05) is 51.0 Å². The van der Waals surface area contributed by atoms with Gasteiger partial charge in [0.2, 0.25) is 0 Å². The molecule has 1 aromatic rings. The maximum absolute atomic E-state index is 5.90. The number of aromatic nitrogens is 2. The quantitative estimate of drug-likeness (QED) is 0.595. The fourth-order valence-corrected chi connectivity index (χ4v) is 3.71. The summed E-state index contributed by atoms with van der Waals surface area (Å²) in [7, 11) is 2.15. The Bertz CT molecular complexity index is 510. The van der Waals surface area contributed by atoms with Gasteiger partial charge in [0.05, 0.1) is 18.3 Å². The number of unbranched alkanes of at least 4 members (excludes halogenated alkanes) is 4. The van der Waals surface area contributed by atoms with Crippen LogP contribution in [0.15, 0.2) is 6.08 Å². The van der Waals surface area contributed by atoms with Crippen molar-refractivity contribution in [3.05, 3.63) is 11.8 Å². The van der Waals surface area contributed by atoms with E-state index in [4.69, 9.17) is 4.74 Å². The molecule has 0 atom stereocenters. The van der Waals surface area contributed by atoms with Crippen LogP contribution in [-0.4, -0.2) is 40.4 Å². The molecule has 1 saturated carbocycles. The van der Waals surface area contributed by atoms with Gasteiger partial charge in [0.25, 0.3) is 5.88 Å². The molecule has 23 heavy (non-hydrogen) atoms. The van der Waals surface area contributed by atoms with Gasteiger partial charge >= 0.3 is 0 Å². The molecule has 4 nitrogen and oxygen atoms in total. The highest BCUT2D eigenvalue weighted by Crippen LogP contribution is 2.34. The first-order valence-corrected chi connectivity index (χ1v) is 9.89. The Labute approximate surface area is 144 Å². The van der Waals surface area contributed by atoms with Gasteiger partial charge in [-0.3, -0.25) is 0 Å². The fraction of sp³-hybridized carbons (Fsp3) is 0.778. The van der Waals surface area contributed by atoms with E-state index in [0.29, 0.717) is 0 Å². The first kappa shape index (κ1) is 16.9. The monoisotopic (exact) mass is 335 g/mol. The molecule has 1 aliphatic carbocycles. The number of hydrogen-bond acceptors (Lipinski definition) is 5. The van der Waals surface area contributed by atoms with Gasteiger partial charge in [-0.2, -0.15) is 4.37 Å². The lowest BCUT2D eigenvalue weighted by molar-refractivity contribution is 0.294. The molecule has 1 aromatic heterocycles. The zero-order chi connectivity index (χ0) is 15.9. The fourth-order valence-electron chi connectivity index (χ4n) is 3.18. The summed E-state index contributed by atoms with van der Waals surface area (Å²) in [5.74, 6) is 1.83. The van der Waals surface area contributed by atoms with E-state index in [-0.39, 0.29) is 0 Å². The largest absolute Gasteiger partial charge is 0.475 e. The Hall–Kier alpha value is -0.940. The van der Waals surface area contributed by atoms with Crippen molar-refractivity contribution in [3.8, 4) is 5.88 Å². The zero-order valence-electron chi connectivity index (χ0n) is 14.3. The summed E-state index contributed by atoms with van der Waals surface area (Å²) >= 11 is 1.26. The summed E-state index contributed by atoms with van der Waals surface area (Å²) in [4.78, 5) is 2.32. The minimum absolute atomic E-state index is 0.741. The second-order valence-electron chi connectivity index (χ2n) is 7.02. The molecular formula is C18H29N3OS. The second kappa shape index (κ2) is 8.78. The van der Waals surface area contributed by atoms with Crippen molar-refractivity contribution in [3.63, 3.8) is 0 Å². The van der Waals surface area contributed by atoms with E-state index in [0.717, 1.165) is 50.0 Å². The smallest absolute Gasteiger partial charge is 0.253 e. The molecule has 3 rings (SSSR count). The molecule has 0 saturated heterocycles. The van der Waals surface area contributed by atoms with Crippen LogP contribution in [-0.2, 0) is 0 Å². The predicted octanol–water partition coefficient (Wildman–Crippen LogP) is 4.39. The molecule has 5 heteroatoms. The van der Waals surface area contributed by atoms with Gasteiger partial charge in [0.1, 0.15) is 5.69 Å². The van der Waals surface area contributed by atoms with Crippen molar-refractivity contribution in [2.24, 2.45) is 5.92 Å². The summed E-state index contributed by atoms with van der Waals surface area (Å²) in [6.07, 6.45) is 14.4. The maximum Gasteiger partial charge on any atom is 0.253 e. The van der Waals surface area contributed by atoms with Gasteiger partial charge in [0, 0.05) is 13.1 Å². The number of likely N-dealkylation sites (N-methyl/N-ethyl adjacent to an activating group) is 1. The minimum Gasteiger partial charge on any atom is -0.475 e. The van der Waals surface area contributed by atoms with Crippen molar-refractivity contribution in [2.45, 2.75) is 57.8 Å². The number of nitrogens with zero attached hydrogens (tertiary/aromatic N) is 3. The van der Waals surface area contributed by atoms with Gasteiger partial charge < -0.3 is 9.64 Å². The number of rotatable bonds is 10. The molecule has 0 radical (unpaired) electrons. The van der Waals surface area contributed by atoms with Crippen LogP contribution in [0.25, 0.3) is 5.57 Å².